The Morgan fingerprint density at radius 1 is 0.875 bits per heavy atom. The van der Waals surface area contributed by atoms with Gasteiger partial charge in [-0.05, 0) is 42.0 Å². The van der Waals surface area contributed by atoms with Gasteiger partial charge in [0.05, 0.1) is 13.1 Å². The number of nitrogens with one attached hydrogen (secondary N) is 2. The number of para-hydroxylation sites is 1. The van der Waals surface area contributed by atoms with E-state index in [0.29, 0.717) is 17.9 Å². The van der Waals surface area contributed by atoms with Crippen molar-refractivity contribution in [1.82, 2.24) is 5.32 Å². The molecule has 0 aliphatic rings. The van der Waals surface area contributed by atoms with Crippen molar-refractivity contribution >= 4 is 47.4 Å². The van der Waals surface area contributed by atoms with Crippen LogP contribution in [0, 0.1) is 0 Å². The standard InChI is InChI=1S/C23H23N5O3.HI/c24-21(29)15-26-22(30)17-11-9-16(10-12-17)14-27-23(25)28-18-5-4-8-20(13-18)31-19-6-2-1-3-7-19;/h1-13H,14-15H2,(H2,24,29)(H,26,30)(H3,25,27,28);1H. The van der Waals surface area contributed by atoms with Gasteiger partial charge in [0.25, 0.3) is 5.91 Å². The van der Waals surface area contributed by atoms with Crippen molar-refractivity contribution in [2.45, 2.75) is 6.54 Å². The Hall–Kier alpha value is -3.60. The zero-order chi connectivity index (χ0) is 22.1. The third kappa shape index (κ3) is 7.91. The number of primary amides is 1. The lowest BCUT2D eigenvalue weighted by atomic mass is 10.1. The maximum absolute atomic E-state index is 11.9. The molecule has 3 aromatic rings. The van der Waals surface area contributed by atoms with Gasteiger partial charge in [-0.1, -0.05) is 36.4 Å². The molecule has 3 aromatic carbocycles. The summed E-state index contributed by atoms with van der Waals surface area (Å²) in [7, 11) is 0. The second-order valence-electron chi connectivity index (χ2n) is 6.62. The Labute approximate surface area is 203 Å². The van der Waals surface area contributed by atoms with Crippen LogP contribution in [0.25, 0.3) is 0 Å². The van der Waals surface area contributed by atoms with Crippen molar-refractivity contribution in [3.8, 4) is 11.5 Å². The van der Waals surface area contributed by atoms with Gasteiger partial charge >= 0.3 is 0 Å². The monoisotopic (exact) mass is 545 g/mol. The van der Waals surface area contributed by atoms with E-state index in [0.717, 1.165) is 17.0 Å². The minimum absolute atomic E-state index is 0. The van der Waals surface area contributed by atoms with Crippen molar-refractivity contribution in [2.24, 2.45) is 16.5 Å². The van der Waals surface area contributed by atoms with Crippen molar-refractivity contribution in [2.75, 3.05) is 11.9 Å². The molecule has 0 radical (unpaired) electrons. The second-order valence-corrected chi connectivity index (χ2v) is 6.62. The quantitative estimate of drug-likeness (QED) is 0.196. The number of guanidine groups is 1. The molecule has 0 spiro atoms. The van der Waals surface area contributed by atoms with E-state index in [2.05, 4.69) is 15.6 Å². The van der Waals surface area contributed by atoms with E-state index in [4.69, 9.17) is 16.2 Å². The van der Waals surface area contributed by atoms with Gasteiger partial charge in [-0.25, -0.2) is 4.99 Å². The van der Waals surface area contributed by atoms with E-state index in [1.54, 1.807) is 24.3 Å². The summed E-state index contributed by atoms with van der Waals surface area (Å²) in [5.41, 5.74) is 13.1. The van der Waals surface area contributed by atoms with Gasteiger partial charge < -0.3 is 26.8 Å². The van der Waals surface area contributed by atoms with E-state index in [9.17, 15) is 9.59 Å². The third-order valence-corrected chi connectivity index (χ3v) is 4.16. The first kappa shape index (κ1) is 24.7. The van der Waals surface area contributed by atoms with Crippen molar-refractivity contribution in [1.29, 1.82) is 0 Å². The molecule has 0 atom stereocenters. The molecular weight excluding hydrogens is 521 g/mol. The molecule has 0 unspecified atom stereocenters. The summed E-state index contributed by atoms with van der Waals surface area (Å²) >= 11 is 0. The molecule has 2 amide bonds. The molecule has 3 rings (SSSR count). The maximum Gasteiger partial charge on any atom is 0.251 e. The first-order valence-electron chi connectivity index (χ1n) is 9.55. The first-order valence-corrected chi connectivity index (χ1v) is 9.55. The lowest BCUT2D eigenvalue weighted by molar-refractivity contribution is -0.117. The summed E-state index contributed by atoms with van der Waals surface area (Å²) in [6.07, 6.45) is 0. The number of amides is 2. The average molecular weight is 545 g/mol. The molecule has 0 bridgehead atoms. The predicted molar refractivity (Wildman–Crippen MR) is 135 cm³/mol. The van der Waals surface area contributed by atoms with Crippen LogP contribution in [-0.2, 0) is 11.3 Å². The number of aliphatic imine (C=N–C) groups is 1. The molecule has 6 N–H and O–H groups in total. The summed E-state index contributed by atoms with van der Waals surface area (Å²) in [6.45, 7) is 0.132. The van der Waals surface area contributed by atoms with Gasteiger partial charge in [0.1, 0.15) is 11.5 Å². The van der Waals surface area contributed by atoms with E-state index >= 15 is 0 Å². The number of ether oxygens (including phenoxy) is 1. The smallest absolute Gasteiger partial charge is 0.251 e. The van der Waals surface area contributed by atoms with E-state index < -0.39 is 5.91 Å². The number of nitrogens with zero attached hydrogens (tertiary/aromatic N) is 1. The van der Waals surface area contributed by atoms with E-state index in [-0.39, 0.29) is 42.4 Å². The molecule has 0 heterocycles. The van der Waals surface area contributed by atoms with Crippen LogP contribution in [0.15, 0.2) is 83.9 Å². The van der Waals surface area contributed by atoms with Gasteiger partial charge in [-0.15, -0.1) is 24.0 Å². The number of carbonyl (C=O) groups excluding carboxylic acids is 2. The molecule has 0 aromatic heterocycles. The number of benzene rings is 3. The fourth-order valence-electron chi connectivity index (χ4n) is 2.66. The SMILES string of the molecule is I.NC(=O)CNC(=O)c1ccc(CN=C(N)Nc2cccc(Oc3ccccc3)c2)cc1. The largest absolute Gasteiger partial charge is 0.457 e. The number of hydrogen-bond donors (Lipinski definition) is 4. The fourth-order valence-corrected chi connectivity index (χ4v) is 2.66. The van der Waals surface area contributed by atoms with Gasteiger partial charge in [0.15, 0.2) is 5.96 Å². The van der Waals surface area contributed by atoms with Crippen LogP contribution >= 0.6 is 24.0 Å². The molecule has 0 saturated carbocycles. The van der Waals surface area contributed by atoms with Crippen LogP contribution < -0.4 is 26.8 Å². The van der Waals surface area contributed by atoms with Crippen molar-refractivity contribution in [3.63, 3.8) is 0 Å². The number of rotatable bonds is 8. The Bertz CT molecular complexity index is 1070. The normalized spacial score (nSPS) is 10.6. The topological polar surface area (TPSA) is 132 Å². The highest BCUT2D eigenvalue weighted by Crippen LogP contribution is 2.23. The van der Waals surface area contributed by atoms with Crippen LogP contribution in [0.5, 0.6) is 11.5 Å². The van der Waals surface area contributed by atoms with E-state index in [1.165, 1.54) is 0 Å². The van der Waals surface area contributed by atoms with Gasteiger partial charge in [-0.2, -0.15) is 0 Å². The second kappa shape index (κ2) is 12.3. The lowest BCUT2D eigenvalue weighted by Crippen LogP contribution is -2.33. The van der Waals surface area contributed by atoms with Gasteiger partial charge in [-0.3, -0.25) is 9.59 Å². The van der Waals surface area contributed by atoms with E-state index in [1.807, 2.05) is 54.6 Å². The van der Waals surface area contributed by atoms with Crippen LogP contribution in [0.2, 0.25) is 0 Å². The highest BCUT2D eigenvalue weighted by Gasteiger charge is 2.06. The molecular formula is C23H24IN5O3. The fraction of sp³-hybridized carbons (Fsp3) is 0.0870. The Kier molecular flexibility index (Phi) is 9.48. The molecule has 0 aliphatic heterocycles. The first-order chi connectivity index (χ1) is 15.0. The summed E-state index contributed by atoms with van der Waals surface area (Å²) in [6, 6.07) is 23.7. The van der Waals surface area contributed by atoms with Crippen LogP contribution in [0.1, 0.15) is 15.9 Å². The predicted octanol–water partition coefficient (Wildman–Crippen LogP) is 3.24. The molecule has 166 valence electrons. The Morgan fingerprint density at radius 3 is 2.25 bits per heavy atom. The zero-order valence-electron chi connectivity index (χ0n) is 17.2. The van der Waals surface area contributed by atoms with Gasteiger partial charge in [0, 0.05) is 17.3 Å². The molecule has 0 aliphatic carbocycles. The van der Waals surface area contributed by atoms with Crippen molar-refractivity contribution in [3.05, 3.63) is 90.0 Å². The van der Waals surface area contributed by atoms with Crippen LogP contribution in [-0.4, -0.2) is 24.3 Å². The highest BCUT2D eigenvalue weighted by atomic mass is 127. The highest BCUT2D eigenvalue weighted by molar-refractivity contribution is 14.0. The molecule has 32 heavy (non-hydrogen) atoms. The molecule has 0 saturated heterocycles. The number of anilines is 1. The van der Waals surface area contributed by atoms with Gasteiger partial charge in [0.2, 0.25) is 5.91 Å². The summed E-state index contributed by atoms with van der Waals surface area (Å²) in [5.74, 6) is 0.703. The number of halogens is 1. The summed E-state index contributed by atoms with van der Waals surface area (Å²) in [4.78, 5) is 26.9. The average Bonchev–Trinajstić information content (AvgIpc) is 2.77. The number of hydrogen-bond acceptors (Lipinski definition) is 4. The maximum atomic E-state index is 11.9. The lowest BCUT2D eigenvalue weighted by Gasteiger charge is -2.09. The Morgan fingerprint density at radius 2 is 1.56 bits per heavy atom. The van der Waals surface area contributed by atoms with Crippen LogP contribution in [0.4, 0.5) is 5.69 Å². The minimum atomic E-state index is -0.598. The number of nitrogens with two attached hydrogens (primary N) is 2. The third-order valence-electron chi connectivity index (χ3n) is 4.16. The molecule has 8 nitrogen and oxygen atoms in total. The Balaban J connectivity index is 0.00000363. The van der Waals surface area contributed by atoms with Crippen LogP contribution in [0.3, 0.4) is 0 Å². The zero-order valence-corrected chi connectivity index (χ0v) is 19.5. The molecule has 9 heteroatoms. The number of carbonyl (C=O) groups is 2. The summed E-state index contributed by atoms with van der Waals surface area (Å²) < 4.78 is 5.81. The van der Waals surface area contributed by atoms with Crippen molar-refractivity contribution < 1.29 is 14.3 Å². The molecule has 0 fully saturated rings. The summed E-state index contributed by atoms with van der Waals surface area (Å²) in [5, 5.41) is 5.47. The minimum Gasteiger partial charge on any atom is -0.457 e.